The zero-order valence-corrected chi connectivity index (χ0v) is 14.4. The number of pyridine rings is 1. The second-order valence-corrected chi connectivity index (χ2v) is 6.88. The van der Waals surface area contributed by atoms with Gasteiger partial charge in [-0.15, -0.1) is 10.2 Å². The molecule has 2 aromatic heterocycles. The Labute approximate surface area is 139 Å². The average Bonchev–Trinajstić information content (AvgIpc) is 2.95. The van der Waals surface area contributed by atoms with Gasteiger partial charge >= 0.3 is 0 Å². The molecule has 0 aliphatic carbocycles. The Morgan fingerprint density at radius 2 is 2.13 bits per heavy atom. The molecule has 0 fully saturated rings. The van der Waals surface area contributed by atoms with Crippen LogP contribution in [-0.4, -0.2) is 32.3 Å². The summed E-state index contributed by atoms with van der Waals surface area (Å²) in [5.74, 6) is 0.0324. The van der Waals surface area contributed by atoms with Crippen LogP contribution in [0.2, 0.25) is 0 Å². The highest BCUT2D eigenvalue weighted by molar-refractivity contribution is 8.00. The standard InChI is InChI=1S/C17H20N4OS/c1-4-9-18-16(22)12(3)23-17-20-19-15-10-11(2)13-7-5-6-8-14(13)21(15)17/h5-8,10,12H,4,9H2,1-3H3,(H,18,22). The Bertz CT molecular complexity index is 858. The lowest BCUT2D eigenvalue weighted by molar-refractivity contribution is -0.120. The summed E-state index contributed by atoms with van der Waals surface area (Å²) in [6.45, 7) is 6.71. The Hall–Kier alpha value is -2.08. The maximum absolute atomic E-state index is 12.1. The van der Waals surface area contributed by atoms with Crippen LogP contribution in [0.5, 0.6) is 0 Å². The predicted molar refractivity (Wildman–Crippen MR) is 93.8 cm³/mol. The first-order chi connectivity index (χ1) is 11.1. The number of amides is 1. The molecule has 0 bridgehead atoms. The van der Waals surface area contributed by atoms with E-state index in [4.69, 9.17) is 0 Å². The van der Waals surface area contributed by atoms with Crippen LogP contribution in [0.15, 0.2) is 35.5 Å². The number of carbonyl (C=O) groups excluding carboxylic acids is 1. The van der Waals surface area contributed by atoms with E-state index in [-0.39, 0.29) is 11.2 Å². The van der Waals surface area contributed by atoms with Gasteiger partial charge in [0, 0.05) is 11.9 Å². The van der Waals surface area contributed by atoms with Gasteiger partial charge in [-0.05, 0) is 38.0 Å². The third-order valence-corrected chi connectivity index (χ3v) is 4.82. The fourth-order valence-electron chi connectivity index (χ4n) is 2.55. The molecule has 1 atom stereocenters. The summed E-state index contributed by atoms with van der Waals surface area (Å²) in [7, 11) is 0. The fraction of sp³-hybridized carbons (Fsp3) is 0.353. The lowest BCUT2D eigenvalue weighted by Crippen LogP contribution is -2.31. The van der Waals surface area contributed by atoms with Crippen molar-refractivity contribution in [2.45, 2.75) is 37.6 Å². The number of nitrogens with one attached hydrogen (secondary N) is 1. The van der Waals surface area contributed by atoms with Gasteiger partial charge in [-0.3, -0.25) is 9.20 Å². The molecule has 1 unspecified atom stereocenters. The first-order valence-corrected chi connectivity index (χ1v) is 8.67. The summed E-state index contributed by atoms with van der Waals surface area (Å²) in [4.78, 5) is 12.1. The highest BCUT2D eigenvalue weighted by Gasteiger charge is 2.18. The number of carbonyl (C=O) groups is 1. The van der Waals surface area contributed by atoms with E-state index >= 15 is 0 Å². The van der Waals surface area contributed by atoms with E-state index in [0.717, 1.165) is 22.7 Å². The van der Waals surface area contributed by atoms with Gasteiger partial charge in [0.15, 0.2) is 10.8 Å². The van der Waals surface area contributed by atoms with Crippen LogP contribution in [0.3, 0.4) is 0 Å². The van der Waals surface area contributed by atoms with Crippen molar-refractivity contribution in [1.29, 1.82) is 0 Å². The third kappa shape index (κ3) is 3.03. The van der Waals surface area contributed by atoms with Crippen molar-refractivity contribution in [3.8, 4) is 0 Å². The van der Waals surface area contributed by atoms with Crippen molar-refractivity contribution in [1.82, 2.24) is 19.9 Å². The molecule has 0 spiro atoms. The van der Waals surface area contributed by atoms with Crippen LogP contribution < -0.4 is 5.32 Å². The normalized spacial score (nSPS) is 12.7. The molecule has 0 radical (unpaired) electrons. The van der Waals surface area contributed by atoms with Gasteiger partial charge in [-0.1, -0.05) is 36.9 Å². The minimum absolute atomic E-state index is 0.0324. The Morgan fingerprint density at radius 1 is 1.35 bits per heavy atom. The van der Waals surface area contributed by atoms with Gasteiger partial charge in [0.25, 0.3) is 0 Å². The van der Waals surface area contributed by atoms with Crippen molar-refractivity contribution in [2.24, 2.45) is 0 Å². The number of para-hydroxylation sites is 1. The summed E-state index contributed by atoms with van der Waals surface area (Å²) in [6.07, 6.45) is 0.931. The number of nitrogens with zero attached hydrogens (tertiary/aromatic N) is 3. The number of aryl methyl sites for hydroxylation is 1. The highest BCUT2D eigenvalue weighted by atomic mass is 32.2. The average molecular weight is 328 g/mol. The maximum atomic E-state index is 12.1. The van der Waals surface area contributed by atoms with Crippen LogP contribution in [0, 0.1) is 6.92 Å². The molecular weight excluding hydrogens is 308 g/mol. The summed E-state index contributed by atoms with van der Waals surface area (Å²) in [6, 6.07) is 10.2. The van der Waals surface area contributed by atoms with Crippen LogP contribution >= 0.6 is 11.8 Å². The van der Waals surface area contributed by atoms with Crippen molar-refractivity contribution in [2.75, 3.05) is 6.54 Å². The SMILES string of the molecule is CCCNC(=O)C(C)Sc1nnc2cc(C)c3ccccc3n12. The molecule has 3 rings (SSSR count). The van der Waals surface area contributed by atoms with E-state index in [1.807, 2.05) is 36.4 Å². The number of rotatable bonds is 5. The summed E-state index contributed by atoms with van der Waals surface area (Å²) < 4.78 is 2.02. The van der Waals surface area contributed by atoms with Gasteiger partial charge < -0.3 is 5.32 Å². The highest BCUT2D eigenvalue weighted by Crippen LogP contribution is 2.27. The van der Waals surface area contributed by atoms with Crippen molar-refractivity contribution >= 4 is 34.2 Å². The molecule has 0 saturated heterocycles. The molecule has 5 nitrogen and oxygen atoms in total. The molecule has 2 heterocycles. The van der Waals surface area contributed by atoms with Crippen LogP contribution in [0.1, 0.15) is 25.8 Å². The van der Waals surface area contributed by atoms with E-state index in [1.165, 1.54) is 22.7 Å². The van der Waals surface area contributed by atoms with Crippen LogP contribution in [-0.2, 0) is 4.79 Å². The second kappa shape index (κ2) is 6.58. The van der Waals surface area contributed by atoms with Crippen molar-refractivity contribution in [3.05, 3.63) is 35.9 Å². The number of thioether (sulfide) groups is 1. The Kier molecular flexibility index (Phi) is 4.52. The van der Waals surface area contributed by atoms with E-state index < -0.39 is 0 Å². The molecule has 3 aromatic rings. The van der Waals surface area contributed by atoms with Gasteiger partial charge in [-0.25, -0.2) is 0 Å². The number of hydrogen-bond donors (Lipinski definition) is 1. The van der Waals surface area contributed by atoms with Gasteiger partial charge in [0.1, 0.15) is 0 Å². The van der Waals surface area contributed by atoms with E-state index in [0.29, 0.717) is 6.54 Å². The lowest BCUT2D eigenvalue weighted by Gasteiger charge is -2.11. The van der Waals surface area contributed by atoms with Gasteiger partial charge in [0.2, 0.25) is 5.91 Å². The molecule has 1 aromatic carbocycles. The molecule has 0 aliphatic rings. The Morgan fingerprint density at radius 3 is 2.91 bits per heavy atom. The molecule has 0 saturated carbocycles. The summed E-state index contributed by atoms with van der Waals surface area (Å²) in [5.41, 5.74) is 3.05. The van der Waals surface area contributed by atoms with E-state index in [2.05, 4.69) is 34.6 Å². The predicted octanol–water partition coefficient (Wildman–Crippen LogP) is 3.20. The third-order valence-electron chi connectivity index (χ3n) is 3.77. The van der Waals surface area contributed by atoms with Crippen molar-refractivity contribution < 1.29 is 4.79 Å². The number of fused-ring (bicyclic) bond motifs is 3. The number of benzene rings is 1. The van der Waals surface area contributed by atoms with Crippen LogP contribution in [0.4, 0.5) is 0 Å². The maximum Gasteiger partial charge on any atom is 0.233 e. The quantitative estimate of drug-likeness (QED) is 0.731. The molecule has 6 heteroatoms. The molecule has 120 valence electrons. The number of aromatic nitrogens is 3. The van der Waals surface area contributed by atoms with E-state index in [1.54, 1.807) is 0 Å². The molecule has 1 amide bonds. The molecule has 1 N–H and O–H groups in total. The molecular formula is C17H20N4OS. The molecule has 0 aliphatic heterocycles. The Balaban J connectivity index is 1.99. The van der Waals surface area contributed by atoms with Gasteiger partial charge in [0.05, 0.1) is 10.8 Å². The minimum atomic E-state index is -0.214. The topological polar surface area (TPSA) is 59.3 Å². The summed E-state index contributed by atoms with van der Waals surface area (Å²) in [5, 5.41) is 13.2. The lowest BCUT2D eigenvalue weighted by atomic mass is 10.1. The van der Waals surface area contributed by atoms with E-state index in [9.17, 15) is 4.79 Å². The first kappa shape index (κ1) is 15.8. The van der Waals surface area contributed by atoms with Crippen LogP contribution in [0.25, 0.3) is 16.6 Å². The largest absolute Gasteiger partial charge is 0.355 e. The summed E-state index contributed by atoms with van der Waals surface area (Å²) >= 11 is 1.44. The smallest absolute Gasteiger partial charge is 0.233 e. The number of hydrogen-bond acceptors (Lipinski definition) is 4. The van der Waals surface area contributed by atoms with Gasteiger partial charge in [-0.2, -0.15) is 0 Å². The zero-order chi connectivity index (χ0) is 16.4. The second-order valence-electron chi connectivity index (χ2n) is 5.57. The van der Waals surface area contributed by atoms with Crippen molar-refractivity contribution in [3.63, 3.8) is 0 Å². The molecule has 23 heavy (non-hydrogen) atoms. The minimum Gasteiger partial charge on any atom is -0.355 e. The fourth-order valence-corrected chi connectivity index (χ4v) is 3.45. The monoisotopic (exact) mass is 328 g/mol. The zero-order valence-electron chi connectivity index (χ0n) is 13.5. The first-order valence-electron chi connectivity index (χ1n) is 7.79.